The lowest BCUT2D eigenvalue weighted by Crippen LogP contribution is -2.06. The molecule has 0 saturated heterocycles. The molecule has 0 aliphatic carbocycles. The number of carbonyl (C=O) groups is 1. The molecule has 0 atom stereocenters. The van der Waals surface area contributed by atoms with Crippen molar-refractivity contribution in [2.45, 2.75) is 3.79 Å². The van der Waals surface area contributed by atoms with Crippen LogP contribution in [0, 0.1) is 0 Å². The van der Waals surface area contributed by atoms with Gasteiger partial charge in [-0.05, 0) is 12.1 Å². The van der Waals surface area contributed by atoms with Gasteiger partial charge in [-0.3, -0.25) is 4.98 Å². The van der Waals surface area contributed by atoms with Gasteiger partial charge in [0.1, 0.15) is 0 Å². The van der Waals surface area contributed by atoms with Gasteiger partial charge in [0.15, 0.2) is 0 Å². The number of hydrogen-bond acceptors (Lipinski definition) is 3. The molecule has 76 valence electrons. The predicted octanol–water partition coefficient (Wildman–Crippen LogP) is 2.69. The van der Waals surface area contributed by atoms with Crippen molar-refractivity contribution in [1.82, 2.24) is 4.98 Å². The van der Waals surface area contributed by atoms with E-state index in [0.717, 1.165) is 0 Å². The number of alkyl halides is 3. The van der Waals surface area contributed by atoms with Crippen molar-refractivity contribution in [3.05, 3.63) is 29.6 Å². The molecule has 0 radical (unpaired) electrons. The first-order valence-electron chi connectivity index (χ1n) is 3.56. The van der Waals surface area contributed by atoms with Crippen LogP contribution in [0.2, 0.25) is 0 Å². The van der Waals surface area contributed by atoms with Crippen LogP contribution in [0.4, 0.5) is 0 Å². The van der Waals surface area contributed by atoms with Crippen LogP contribution in [0.3, 0.4) is 0 Å². The summed E-state index contributed by atoms with van der Waals surface area (Å²) in [7, 11) is 1.28. The van der Waals surface area contributed by atoms with Crippen LogP contribution in [-0.2, 0) is 8.53 Å². The molecule has 0 aromatic carbocycles. The molecule has 6 heteroatoms. The maximum Gasteiger partial charge on any atom is 0.339 e. The van der Waals surface area contributed by atoms with Crippen molar-refractivity contribution in [2.75, 3.05) is 7.11 Å². The molecule has 1 aromatic rings. The molecule has 0 saturated carbocycles. The molecule has 0 spiro atoms. The Labute approximate surface area is 95.9 Å². The largest absolute Gasteiger partial charge is 0.465 e. The van der Waals surface area contributed by atoms with E-state index in [2.05, 4.69) is 9.72 Å². The van der Waals surface area contributed by atoms with Crippen molar-refractivity contribution in [3.8, 4) is 0 Å². The molecule has 1 heterocycles. The first-order valence-corrected chi connectivity index (χ1v) is 4.70. The van der Waals surface area contributed by atoms with E-state index in [0.29, 0.717) is 5.56 Å². The number of carbonyl (C=O) groups excluding carboxylic acids is 1. The number of nitrogens with zero attached hydrogens (tertiary/aromatic N) is 1. The first-order chi connectivity index (χ1) is 6.45. The monoisotopic (exact) mass is 253 g/mol. The lowest BCUT2D eigenvalue weighted by atomic mass is 10.2. The Kier molecular flexibility index (Phi) is 3.59. The molecule has 0 N–H and O–H groups in total. The Morgan fingerprint density at radius 3 is 2.43 bits per heavy atom. The van der Waals surface area contributed by atoms with Crippen LogP contribution in [0.5, 0.6) is 0 Å². The van der Waals surface area contributed by atoms with Crippen LogP contribution in [0.15, 0.2) is 18.3 Å². The summed E-state index contributed by atoms with van der Waals surface area (Å²) < 4.78 is 2.91. The summed E-state index contributed by atoms with van der Waals surface area (Å²) in [5.74, 6) is -0.478. The van der Waals surface area contributed by atoms with Gasteiger partial charge in [0.05, 0.1) is 18.4 Å². The Morgan fingerprint density at radius 2 is 2.07 bits per heavy atom. The molecular formula is C8H6Cl3NO2. The third-order valence-electron chi connectivity index (χ3n) is 1.48. The van der Waals surface area contributed by atoms with E-state index < -0.39 is 9.76 Å². The van der Waals surface area contributed by atoms with Crippen LogP contribution in [0.1, 0.15) is 16.1 Å². The molecule has 0 aliphatic heterocycles. The van der Waals surface area contributed by atoms with E-state index in [1.165, 1.54) is 25.4 Å². The van der Waals surface area contributed by atoms with Crippen molar-refractivity contribution < 1.29 is 9.53 Å². The number of pyridine rings is 1. The molecule has 1 rings (SSSR count). The fourth-order valence-corrected chi connectivity index (χ4v) is 1.14. The summed E-state index contributed by atoms with van der Waals surface area (Å²) >= 11 is 16.7. The van der Waals surface area contributed by atoms with Gasteiger partial charge in [-0.2, -0.15) is 0 Å². The zero-order valence-corrected chi connectivity index (χ0v) is 9.40. The van der Waals surface area contributed by atoms with Crippen molar-refractivity contribution in [3.63, 3.8) is 0 Å². The number of hydrogen-bond donors (Lipinski definition) is 0. The highest BCUT2D eigenvalue weighted by molar-refractivity contribution is 6.66. The number of aromatic nitrogens is 1. The van der Waals surface area contributed by atoms with Gasteiger partial charge in [0, 0.05) is 6.20 Å². The summed E-state index contributed by atoms with van der Waals surface area (Å²) in [6, 6.07) is 2.94. The Hall–Kier alpha value is -0.510. The number of esters is 1. The van der Waals surface area contributed by atoms with Crippen LogP contribution < -0.4 is 0 Å². The topological polar surface area (TPSA) is 39.2 Å². The molecule has 0 fully saturated rings. The lowest BCUT2D eigenvalue weighted by Gasteiger charge is -2.09. The highest BCUT2D eigenvalue weighted by atomic mass is 35.6. The third-order valence-corrected chi connectivity index (χ3v) is 2.06. The number of halogens is 3. The average molecular weight is 254 g/mol. The normalized spacial score (nSPS) is 11.1. The molecule has 0 aliphatic rings. The van der Waals surface area contributed by atoms with Gasteiger partial charge in [0.2, 0.25) is 3.79 Å². The zero-order valence-electron chi connectivity index (χ0n) is 7.13. The quantitative estimate of drug-likeness (QED) is 0.571. The summed E-state index contributed by atoms with van der Waals surface area (Å²) in [5.41, 5.74) is 0.570. The van der Waals surface area contributed by atoms with Crippen molar-refractivity contribution >= 4 is 40.8 Å². The van der Waals surface area contributed by atoms with Crippen molar-refractivity contribution in [2.24, 2.45) is 0 Å². The van der Waals surface area contributed by atoms with Gasteiger partial charge in [-0.1, -0.05) is 34.8 Å². The van der Waals surface area contributed by atoms with Crippen LogP contribution in [0.25, 0.3) is 0 Å². The Morgan fingerprint density at radius 1 is 1.43 bits per heavy atom. The second-order valence-electron chi connectivity index (χ2n) is 2.42. The Balaban J connectivity index is 2.95. The van der Waals surface area contributed by atoms with E-state index in [9.17, 15) is 4.79 Å². The standard InChI is InChI=1S/C8H6Cl3NO2/c1-14-7(13)5-2-3-6(12-4-5)8(9,10)11/h2-4H,1H3. The number of rotatable bonds is 1. The van der Waals surface area contributed by atoms with Crippen LogP contribution in [-0.4, -0.2) is 18.1 Å². The van der Waals surface area contributed by atoms with E-state index in [1.807, 2.05) is 0 Å². The summed E-state index contributed by atoms with van der Waals surface area (Å²) in [4.78, 5) is 14.8. The van der Waals surface area contributed by atoms with Gasteiger partial charge in [-0.15, -0.1) is 0 Å². The number of methoxy groups -OCH3 is 1. The van der Waals surface area contributed by atoms with E-state index in [4.69, 9.17) is 34.8 Å². The third kappa shape index (κ3) is 2.74. The SMILES string of the molecule is COC(=O)c1ccc(C(Cl)(Cl)Cl)nc1. The minimum absolute atomic E-state index is 0.259. The molecule has 0 unspecified atom stereocenters. The molecule has 0 amide bonds. The summed E-state index contributed by atoms with van der Waals surface area (Å²) in [6.45, 7) is 0. The predicted molar refractivity (Wildman–Crippen MR) is 54.8 cm³/mol. The van der Waals surface area contributed by atoms with Gasteiger partial charge in [-0.25, -0.2) is 4.79 Å². The van der Waals surface area contributed by atoms with Gasteiger partial charge >= 0.3 is 5.97 Å². The average Bonchev–Trinajstić information content (AvgIpc) is 2.15. The van der Waals surface area contributed by atoms with E-state index in [1.54, 1.807) is 0 Å². The van der Waals surface area contributed by atoms with E-state index in [-0.39, 0.29) is 5.69 Å². The van der Waals surface area contributed by atoms with Gasteiger partial charge < -0.3 is 4.74 Å². The highest BCUT2D eigenvalue weighted by Gasteiger charge is 2.24. The molecule has 14 heavy (non-hydrogen) atoms. The summed E-state index contributed by atoms with van der Waals surface area (Å²) in [5, 5.41) is 0. The number of ether oxygens (including phenoxy) is 1. The highest BCUT2D eigenvalue weighted by Crippen LogP contribution is 2.36. The smallest absolute Gasteiger partial charge is 0.339 e. The van der Waals surface area contributed by atoms with E-state index >= 15 is 0 Å². The zero-order chi connectivity index (χ0) is 10.8. The fourth-order valence-electron chi connectivity index (χ4n) is 0.800. The molecular weight excluding hydrogens is 248 g/mol. The maximum atomic E-state index is 11.0. The second kappa shape index (κ2) is 4.34. The maximum absolute atomic E-state index is 11.0. The molecule has 3 nitrogen and oxygen atoms in total. The van der Waals surface area contributed by atoms with Crippen molar-refractivity contribution in [1.29, 1.82) is 0 Å². The fraction of sp³-hybridized carbons (Fsp3) is 0.250. The lowest BCUT2D eigenvalue weighted by molar-refractivity contribution is 0.0600. The second-order valence-corrected chi connectivity index (χ2v) is 4.70. The Bertz CT molecular complexity index is 331. The molecule has 1 aromatic heterocycles. The molecule has 0 bridgehead atoms. The van der Waals surface area contributed by atoms with Gasteiger partial charge in [0.25, 0.3) is 0 Å². The summed E-state index contributed by atoms with van der Waals surface area (Å²) in [6.07, 6.45) is 1.29. The minimum Gasteiger partial charge on any atom is -0.465 e. The van der Waals surface area contributed by atoms with Crippen LogP contribution >= 0.6 is 34.8 Å². The first kappa shape index (κ1) is 11.6. The minimum atomic E-state index is -1.57.